The lowest BCUT2D eigenvalue weighted by molar-refractivity contribution is -0.149. The minimum Gasteiger partial charge on any atom is -0.481 e. The summed E-state index contributed by atoms with van der Waals surface area (Å²) in [5, 5.41) is 13.1. The predicted molar refractivity (Wildman–Crippen MR) is 74.4 cm³/mol. The first-order valence-corrected chi connectivity index (χ1v) is 8.74. The molecule has 7 nitrogen and oxygen atoms in total. The van der Waals surface area contributed by atoms with Gasteiger partial charge in [0, 0.05) is 19.3 Å². The van der Waals surface area contributed by atoms with Gasteiger partial charge in [0.1, 0.15) is 11.4 Å². The number of hydrogen-bond donors (Lipinski definition) is 1. The molecule has 2 aliphatic rings. The van der Waals surface area contributed by atoms with E-state index in [1.165, 1.54) is 0 Å². The van der Waals surface area contributed by atoms with Crippen LogP contribution in [0, 0.1) is 11.3 Å². The van der Waals surface area contributed by atoms with E-state index in [0.29, 0.717) is 12.8 Å². The van der Waals surface area contributed by atoms with Crippen LogP contribution in [0.2, 0.25) is 0 Å². The molecule has 23 heavy (non-hydrogen) atoms. The molecule has 0 spiro atoms. The molecule has 0 bridgehead atoms. The number of rotatable bonds is 5. The van der Waals surface area contributed by atoms with Crippen molar-refractivity contribution in [3.63, 3.8) is 0 Å². The Balaban J connectivity index is 1.84. The number of carboxylic acids is 1. The van der Waals surface area contributed by atoms with Gasteiger partial charge < -0.3 is 5.11 Å². The monoisotopic (exact) mass is 349 g/mol. The molecule has 1 aliphatic heterocycles. The summed E-state index contributed by atoms with van der Waals surface area (Å²) >= 11 is 0. The lowest BCUT2D eigenvalue weighted by Crippen LogP contribution is -2.37. The van der Waals surface area contributed by atoms with Gasteiger partial charge in [0.2, 0.25) is 10.0 Å². The molecule has 1 aliphatic carbocycles. The maximum Gasteiger partial charge on any atom is 0.311 e. The van der Waals surface area contributed by atoms with Crippen molar-refractivity contribution in [3.8, 4) is 0 Å². The Kier molecular flexibility index (Phi) is 3.91. The third-order valence-electron chi connectivity index (χ3n) is 4.84. The van der Waals surface area contributed by atoms with E-state index in [0.717, 1.165) is 27.8 Å². The highest BCUT2D eigenvalue weighted by molar-refractivity contribution is 7.89. The predicted octanol–water partition coefficient (Wildman–Crippen LogP) is 1.02. The van der Waals surface area contributed by atoms with Gasteiger partial charge in [-0.25, -0.2) is 17.2 Å². The zero-order chi connectivity index (χ0) is 16.8. The van der Waals surface area contributed by atoms with Crippen molar-refractivity contribution in [2.75, 3.05) is 13.1 Å². The van der Waals surface area contributed by atoms with E-state index in [2.05, 4.69) is 5.10 Å². The smallest absolute Gasteiger partial charge is 0.311 e. The molecule has 0 radical (unpaired) electrons. The molecule has 128 valence electrons. The van der Waals surface area contributed by atoms with Crippen LogP contribution in [0.25, 0.3) is 0 Å². The van der Waals surface area contributed by atoms with E-state index in [-0.39, 0.29) is 23.9 Å². The van der Waals surface area contributed by atoms with E-state index < -0.39 is 34.4 Å². The molecule has 0 aromatic carbocycles. The molecular weight excluding hydrogens is 332 g/mol. The van der Waals surface area contributed by atoms with Gasteiger partial charge in [-0.2, -0.15) is 9.40 Å². The van der Waals surface area contributed by atoms with Crippen LogP contribution in [0.5, 0.6) is 0 Å². The van der Waals surface area contributed by atoms with Crippen molar-refractivity contribution in [1.82, 2.24) is 14.1 Å². The number of carboxylic acid groups (broad SMARTS) is 1. The van der Waals surface area contributed by atoms with E-state index in [1.54, 1.807) is 0 Å². The van der Waals surface area contributed by atoms with Crippen molar-refractivity contribution in [1.29, 1.82) is 0 Å². The fourth-order valence-electron chi connectivity index (χ4n) is 3.64. The molecule has 0 amide bonds. The highest BCUT2D eigenvalue weighted by atomic mass is 32.2. The van der Waals surface area contributed by atoms with Crippen LogP contribution in [0.4, 0.5) is 8.78 Å². The topological polar surface area (TPSA) is 92.5 Å². The highest BCUT2D eigenvalue weighted by Crippen LogP contribution is 2.50. The van der Waals surface area contributed by atoms with Gasteiger partial charge in [-0.05, 0) is 18.8 Å². The molecule has 1 aromatic heterocycles. The standard InChI is InChI=1S/C13H17F2N3O4S/c14-11(15)7-17-6-10(4-16-17)23(21,22)18-5-9-2-1-3-13(9,8-18)12(19)20/h4,6,9,11H,1-3,5,7-8H2,(H,19,20)/t9-,13+/m0/s1. The number of aromatic nitrogens is 2. The first-order chi connectivity index (χ1) is 10.8. The van der Waals surface area contributed by atoms with Crippen molar-refractivity contribution in [2.45, 2.75) is 37.1 Å². The molecule has 1 N–H and O–H groups in total. The fourth-order valence-corrected chi connectivity index (χ4v) is 5.15. The van der Waals surface area contributed by atoms with Crippen molar-refractivity contribution in [3.05, 3.63) is 12.4 Å². The maximum absolute atomic E-state index is 12.6. The van der Waals surface area contributed by atoms with Gasteiger partial charge >= 0.3 is 5.97 Å². The number of carbonyl (C=O) groups is 1. The number of alkyl halides is 2. The van der Waals surface area contributed by atoms with Gasteiger partial charge in [0.15, 0.2) is 0 Å². The number of aliphatic carboxylic acids is 1. The number of fused-ring (bicyclic) bond motifs is 1. The zero-order valence-corrected chi connectivity index (χ0v) is 13.0. The van der Waals surface area contributed by atoms with Gasteiger partial charge in [0.05, 0.1) is 11.6 Å². The fraction of sp³-hybridized carbons (Fsp3) is 0.692. The minimum absolute atomic E-state index is 0.0740. The molecule has 2 heterocycles. The third kappa shape index (κ3) is 2.63. The second-order valence-electron chi connectivity index (χ2n) is 6.14. The first kappa shape index (κ1) is 16.3. The number of sulfonamides is 1. The maximum atomic E-state index is 12.6. The van der Waals surface area contributed by atoms with Crippen LogP contribution in [0.1, 0.15) is 19.3 Å². The Bertz CT molecular complexity index is 721. The lowest BCUT2D eigenvalue weighted by Gasteiger charge is -2.23. The van der Waals surface area contributed by atoms with Crippen LogP contribution >= 0.6 is 0 Å². The molecule has 1 saturated heterocycles. The second kappa shape index (κ2) is 5.52. The molecule has 10 heteroatoms. The van der Waals surface area contributed by atoms with Gasteiger partial charge in [-0.3, -0.25) is 9.48 Å². The summed E-state index contributed by atoms with van der Waals surface area (Å²) in [6.45, 7) is -0.610. The van der Waals surface area contributed by atoms with Crippen molar-refractivity contribution < 1.29 is 27.1 Å². The number of halogens is 2. The van der Waals surface area contributed by atoms with Crippen molar-refractivity contribution >= 4 is 16.0 Å². The van der Waals surface area contributed by atoms with E-state index in [4.69, 9.17) is 0 Å². The Hall–Kier alpha value is -1.55. The van der Waals surface area contributed by atoms with Crippen LogP contribution in [-0.4, -0.2) is 53.1 Å². The molecule has 1 aromatic rings. The minimum atomic E-state index is -3.93. The molecule has 2 fully saturated rings. The van der Waals surface area contributed by atoms with Crippen LogP contribution < -0.4 is 0 Å². The van der Waals surface area contributed by atoms with Crippen LogP contribution in [0.15, 0.2) is 17.3 Å². The summed E-state index contributed by atoms with van der Waals surface area (Å²) in [4.78, 5) is 11.4. The second-order valence-corrected chi connectivity index (χ2v) is 8.08. The average Bonchev–Trinajstić information content (AvgIpc) is 3.09. The normalized spacial score (nSPS) is 28.4. The summed E-state index contributed by atoms with van der Waals surface area (Å²) in [5.41, 5.74) is -1.02. The largest absolute Gasteiger partial charge is 0.481 e. The number of nitrogens with zero attached hydrogens (tertiary/aromatic N) is 3. The summed E-state index contributed by atoms with van der Waals surface area (Å²) in [7, 11) is -3.93. The Morgan fingerprint density at radius 1 is 1.52 bits per heavy atom. The molecule has 2 atom stereocenters. The zero-order valence-electron chi connectivity index (χ0n) is 12.2. The van der Waals surface area contributed by atoms with E-state index in [9.17, 15) is 27.1 Å². The summed E-state index contributed by atoms with van der Waals surface area (Å²) < 4.78 is 51.9. The SMILES string of the molecule is O=C(O)[C@@]12CCC[C@H]1CN(S(=O)(=O)c1cnn(CC(F)F)c1)C2. The molecule has 1 saturated carbocycles. The van der Waals surface area contributed by atoms with Crippen molar-refractivity contribution in [2.24, 2.45) is 11.3 Å². The van der Waals surface area contributed by atoms with Gasteiger partial charge in [-0.1, -0.05) is 6.42 Å². The van der Waals surface area contributed by atoms with Crippen LogP contribution in [-0.2, 0) is 21.4 Å². The summed E-state index contributed by atoms with van der Waals surface area (Å²) in [6, 6.07) is 0. The summed E-state index contributed by atoms with van der Waals surface area (Å²) in [6.07, 6.45) is 1.37. The Labute approximate surface area is 131 Å². The molecular formula is C13H17F2N3O4S. The van der Waals surface area contributed by atoms with Crippen LogP contribution in [0.3, 0.4) is 0 Å². The quantitative estimate of drug-likeness (QED) is 0.857. The Morgan fingerprint density at radius 3 is 2.87 bits per heavy atom. The highest BCUT2D eigenvalue weighted by Gasteiger charge is 2.57. The third-order valence-corrected chi connectivity index (χ3v) is 6.60. The average molecular weight is 349 g/mol. The Morgan fingerprint density at radius 2 is 2.26 bits per heavy atom. The van der Waals surface area contributed by atoms with E-state index in [1.807, 2.05) is 0 Å². The van der Waals surface area contributed by atoms with Gasteiger partial charge in [0.25, 0.3) is 6.43 Å². The summed E-state index contributed by atoms with van der Waals surface area (Å²) in [5.74, 6) is -1.17. The molecule has 3 rings (SSSR count). The van der Waals surface area contributed by atoms with E-state index >= 15 is 0 Å². The molecule has 0 unspecified atom stereocenters. The number of hydrogen-bond acceptors (Lipinski definition) is 4. The lowest BCUT2D eigenvalue weighted by atomic mass is 9.81. The first-order valence-electron chi connectivity index (χ1n) is 7.30. The van der Waals surface area contributed by atoms with Gasteiger partial charge in [-0.15, -0.1) is 0 Å².